The van der Waals surface area contributed by atoms with Crippen LogP contribution in [0.25, 0.3) is 0 Å². The fourth-order valence-electron chi connectivity index (χ4n) is 6.00. The second-order valence-electron chi connectivity index (χ2n) is 9.38. The van der Waals surface area contributed by atoms with Crippen LogP contribution >= 0.6 is 0 Å². The van der Waals surface area contributed by atoms with Crippen molar-refractivity contribution in [2.24, 2.45) is 16.7 Å². The highest BCUT2D eigenvalue weighted by Gasteiger charge is 2.71. The van der Waals surface area contributed by atoms with Gasteiger partial charge in [-0.3, -0.25) is 9.59 Å². The normalized spacial score (nSPS) is 40.8. The molecule has 6 nitrogen and oxygen atoms in total. The number of ketones is 1. The number of aryl methyl sites for hydroxylation is 1. The molecule has 2 saturated carbocycles. The Morgan fingerprint density at radius 1 is 1.32 bits per heavy atom. The van der Waals surface area contributed by atoms with Crippen molar-refractivity contribution >= 4 is 11.8 Å². The van der Waals surface area contributed by atoms with Crippen LogP contribution in [-0.2, 0) is 20.7 Å². The van der Waals surface area contributed by atoms with E-state index in [0.29, 0.717) is 12.8 Å². The number of carbonyl (C=O) groups is 2. The van der Waals surface area contributed by atoms with Crippen molar-refractivity contribution in [3.8, 4) is 0 Å². The lowest BCUT2D eigenvalue weighted by Crippen LogP contribution is -2.74. The van der Waals surface area contributed by atoms with E-state index in [2.05, 4.69) is 0 Å². The summed E-state index contributed by atoms with van der Waals surface area (Å²) in [4.78, 5) is 25.2. The molecular formula is C22H32O6. The summed E-state index contributed by atoms with van der Waals surface area (Å²) in [5.74, 6) is -1.05. The molecule has 0 saturated heterocycles. The number of hydrogen-bond donors (Lipinski definition) is 2. The van der Waals surface area contributed by atoms with Gasteiger partial charge < -0.3 is 19.4 Å². The Balaban J connectivity index is 2.10. The Labute approximate surface area is 166 Å². The van der Waals surface area contributed by atoms with Gasteiger partial charge in [0.1, 0.15) is 5.60 Å². The Morgan fingerprint density at radius 3 is 2.61 bits per heavy atom. The summed E-state index contributed by atoms with van der Waals surface area (Å²) in [6.07, 6.45) is 6.48. The van der Waals surface area contributed by atoms with Crippen molar-refractivity contribution in [2.45, 2.75) is 77.4 Å². The number of carbonyl (C=O) groups excluding carboxylic acids is 2. The minimum atomic E-state index is -1.62. The van der Waals surface area contributed by atoms with Crippen molar-refractivity contribution in [1.82, 2.24) is 0 Å². The van der Waals surface area contributed by atoms with E-state index in [0.717, 1.165) is 18.4 Å². The topological polar surface area (TPSA) is 97.0 Å². The molecule has 28 heavy (non-hydrogen) atoms. The Kier molecular flexibility index (Phi) is 5.26. The van der Waals surface area contributed by atoms with E-state index in [1.165, 1.54) is 6.92 Å². The lowest BCUT2D eigenvalue weighted by molar-refractivity contribution is -0.268. The number of esters is 1. The molecule has 2 aliphatic carbocycles. The number of ether oxygens (including phenoxy) is 1. The van der Waals surface area contributed by atoms with Crippen molar-refractivity contribution in [2.75, 3.05) is 6.61 Å². The van der Waals surface area contributed by atoms with Crippen LogP contribution in [0.2, 0.25) is 0 Å². The number of hydrogen-bond acceptors (Lipinski definition) is 6. The van der Waals surface area contributed by atoms with E-state index < -0.39 is 28.0 Å². The first kappa shape index (κ1) is 21.1. The average molecular weight is 392 g/mol. The van der Waals surface area contributed by atoms with E-state index in [4.69, 9.17) is 9.15 Å². The zero-order valence-electron chi connectivity index (χ0n) is 17.3. The maximum Gasteiger partial charge on any atom is 0.303 e. The first-order chi connectivity index (χ1) is 13.0. The van der Waals surface area contributed by atoms with Crippen LogP contribution in [0.15, 0.2) is 23.0 Å². The quantitative estimate of drug-likeness (QED) is 0.748. The van der Waals surface area contributed by atoms with Crippen LogP contribution in [0.3, 0.4) is 0 Å². The molecule has 3 rings (SSSR count). The second-order valence-corrected chi connectivity index (χ2v) is 9.38. The number of fused-ring (bicyclic) bond motifs is 1. The molecule has 6 heteroatoms. The van der Waals surface area contributed by atoms with Gasteiger partial charge >= 0.3 is 5.97 Å². The molecule has 0 bridgehead atoms. The van der Waals surface area contributed by atoms with Gasteiger partial charge in [-0.25, -0.2) is 0 Å². The molecule has 2 fully saturated rings. The van der Waals surface area contributed by atoms with Gasteiger partial charge in [-0.15, -0.1) is 0 Å². The average Bonchev–Trinajstić information content (AvgIpc) is 3.14. The van der Waals surface area contributed by atoms with Gasteiger partial charge in [-0.05, 0) is 55.6 Å². The van der Waals surface area contributed by atoms with Crippen molar-refractivity contribution in [3.63, 3.8) is 0 Å². The predicted molar refractivity (Wildman–Crippen MR) is 102 cm³/mol. The molecule has 0 radical (unpaired) electrons. The van der Waals surface area contributed by atoms with Crippen LogP contribution in [0.5, 0.6) is 0 Å². The highest BCUT2D eigenvalue weighted by atomic mass is 16.6. The van der Waals surface area contributed by atoms with E-state index in [1.54, 1.807) is 19.5 Å². The molecule has 1 aromatic heterocycles. The van der Waals surface area contributed by atoms with Gasteiger partial charge in [0, 0.05) is 25.4 Å². The number of aliphatic hydroxyl groups is 2. The summed E-state index contributed by atoms with van der Waals surface area (Å²) in [7, 11) is 0. The minimum absolute atomic E-state index is 0.0391. The molecule has 0 aliphatic heterocycles. The zero-order valence-corrected chi connectivity index (χ0v) is 17.3. The smallest absolute Gasteiger partial charge is 0.303 e. The molecular weight excluding hydrogens is 360 g/mol. The van der Waals surface area contributed by atoms with Crippen LogP contribution in [-0.4, -0.2) is 39.8 Å². The van der Waals surface area contributed by atoms with Crippen LogP contribution < -0.4 is 0 Å². The molecule has 2 N–H and O–H groups in total. The van der Waals surface area contributed by atoms with E-state index in [-0.39, 0.29) is 31.1 Å². The predicted octanol–water partition coefficient (Wildman–Crippen LogP) is 3.04. The zero-order chi connectivity index (χ0) is 20.8. The molecule has 0 aromatic carbocycles. The van der Waals surface area contributed by atoms with Gasteiger partial charge in [0.25, 0.3) is 0 Å². The molecule has 1 aromatic rings. The van der Waals surface area contributed by atoms with Gasteiger partial charge in [0.15, 0.2) is 11.4 Å². The minimum Gasteiger partial charge on any atom is -0.472 e. The van der Waals surface area contributed by atoms with E-state index in [1.807, 2.05) is 19.9 Å². The standard InChI is InChI=1S/C22H32O6/c1-15(24)28-21(4)18(25)12-17-19(2,14-23)8-5-9-20(17,3)22(21,26)10-6-16-7-11-27-13-16/h7,11,13,17,23,26H,5-6,8-10,12,14H2,1-4H3/t17-,19+,20-,21-,22+/m0/s1. The van der Waals surface area contributed by atoms with Crippen LogP contribution in [0.4, 0.5) is 0 Å². The summed E-state index contributed by atoms with van der Waals surface area (Å²) >= 11 is 0. The van der Waals surface area contributed by atoms with Crippen molar-refractivity contribution < 1.29 is 29.0 Å². The van der Waals surface area contributed by atoms with Gasteiger partial charge in [0.2, 0.25) is 0 Å². The number of rotatable bonds is 5. The SMILES string of the molecule is CC(=O)O[C@@]1(C)C(=O)C[C@H]2[C@@](C)(CO)CCC[C@]2(C)[C@]1(O)CCc1ccoc1. The third-order valence-corrected chi connectivity index (χ3v) is 7.77. The highest BCUT2D eigenvalue weighted by Crippen LogP contribution is 2.64. The summed E-state index contributed by atoms with van der Waals surface area (Å²) < 4.78 is 10.7. The van der Waals surface area contributed by atoms with Crippen LogP contribution in [0, 0.1) is 16.7 Å². The molecule has 0 unspecified atom stereocenters. The molecule has 2 aliphatic rings. The van der Waals surface area contributed by atoms with Crippen molar-refractivity contribution in [3.05, 3.63) is 24.2 Å². The Bertz CT molecular complexity index is 742. The largest absolute Gasteiger partial charge is 0.472 e. The Hall–Kier alpha value is -1.66. The van der Waals surface area contributed by atoms with Gasteiger partial charge in [0.05, 0.1) is 12.5 Å². The lowest BCUT2D eigenvalue weighted by atomic mass is 9.42. The molecule has 0 spiro atoms. The van der Waals surface area contributed by atoms with Gasteiger partial charge in [-0.1, -0.05) is 20.3 Å². The third-order valence-electron chi connectivity index (χ3n) is 7.77. The number of Topliss-reactive ketones (excluding diaryl/α,β-unsaturated/α-hetero) is 1. The number of aliphatic hydroxyl groups excluding tert-OH is 1. The van der Waals surface area contributed by atoms with E-state index >= 15 is 0 Å². The molecule has 1 heterocycles. The molecule has 5 atom stereocenters. The van der Waals surface area contributed by atoms with Crippen molar-refractivity contribution in [1.29, 1.82) is 0 Å². The summed E-state index contributed by atoms with van der Waals surface area (Å²) in [5.41, 5.74) is -3.40. The first-order valence-corrected chi connectivity index (χ1v) is 10.1. The van der Waals surface area contributed by atoms with E-state index in [9.17, 15) is 19.8 Å². The third kappa shape index (κ3) is 2.92. The summed E-state index contributed by atoms with van der Waals surface area (Å²) in [5, 5.41) is 22.3. The molecule has 156 valence electrons. The first-order valence-electron chi connectivity index (χ1n) is 10.1. The maximum atomic E-state index is 13.3. The van der Waals surface area contributed by atoms with Gasteiger partial charge in [-0.2, -0.15) is 0 Å². The molecule has 0 amide bonds. The summed E-state index contributed by atoms with van der Waals surface area (Å²) in [6.45, 7) is 6.77. The monoisotopic (exact) mass is 392 g/mol. The summed E-state index contributed by atoms with van der Waals surface area (Å²) in [6, 6.07) is 1.83. The fourth-order valence-corrected chi connectivity index (χ4v) is 6.00. The fraction of sp³-hybridized carbons (Fsp3) is 0.727. The highest BCUT2D eigenvalue weighted by molar-refractivity contribution is 5.92. The second kappa shape index (κ2) is 6.99. The maximum absolute atomic E-state index is 13.3. The lowest BCUT2D eigenvalue weighted by Gasteiger charge is -2.65. The van der Waals surface area contributed by atoms with Crippen LogP contribution in [0.1, 0.15) is 65.4 Å². The Morgan fingerprint density at radius 2 is 2.04 bits per heavy atom. The number of furan rings is 1.